The molecule has 78 heavy (non-hydrogen) atoms. The van der Waals surface area contributed by atoms with E-state index in [2.05, 4.69) is 41.5 Å². The summed E-state index contributed by atoms with van der Waals surface area (Å²) in [7, 11) is 0. The Morgan fingerprint density at radius 3 is 0.551 bits per heavy atom. The second-order valence-electron chi connectivity index (χ2n) is 22.6. The Bertz CT molecular complexity index is 1680. The van der Waals surface area contributed by atoms with Gasteiger partial charge in [-0.3, -0.25) is 0 Å². The van der Waals surface area contributed by atoms with Crippen molar-refractivity contribution in [1.82, 2.24) is 0 Å². The Balaban J connectivity index is 4.23. The molecule has 0 amide bonds. The van der Waals surface area contributed by atoms with Gasteiger partial charge < -0.3 is 29.5 Å². The molecule has 3 unspecified atom stereocenters. The molecule has 0 aliphatic heterocycles. The fraction of sp³-hybridized carbons (Fsp3) is 0.818. The van der Waals surface area contributed by atoms with E-state index in [0.29, 0.717) is 64.2 Å². The van der Waals surface area contributed by atoms with E-state index in [0.717, 1.165) is 225 Å². The van der Waals surface area contributed by atoms with Gasteiger partial charge in [0.15, 0.2) is 0 Å². The van der Waals surface area contributed by atoms with E-state index in [1.165, 1.54) is 0 Å². The molecule has 0 bridgehead atoms. The molecule has 1 aromatic rings. The Morgan fingerprint density at radius 2 is 0.385 bits per heavy atom. The number of carbonyl (C=O) groups is 6. The van der Waals surface area contributed by atoms with Crippen molar-refractivity contribution in [3.05, 3.63) is 33.4 Å². The van der Waals surface area contributed by atoms with E-state index in [1.54, 1.807) is 0 Å². The SMILES string of the molecule is CCCCCCCCCC(CCCCCCCC)OC(=O)c1c(C(=O)O)c(C(=O)O)c(C(=O)O)c(C(=O)OC(CCCCCCCC)CCCCCCCCC)c1C(=O)OC(CCCCCCCC)CCCCCCCCC. The molecular formula is C66H114O12. The summed E-state index contributed by atoms with van der Waals surface area (Å²) < 4.78 is 18.9. The third kappa shape index (κ3) is 31.7. The van der Waals surface area contributed by atoms with Gasteiger partial charge in [0, 0.05) is 0 Å². The molecule has 0 saturated heterocycles. The fourth-order valence-electron chi connectivity index (χ4n) is 10.9. The lowest BCUT2D eigenvalue weighted by atomic mass is 9.85. The number of unbranched alkanes of at least 4 members (excludes halogenated alkanes) is 33. The first kappa shape index (κ1) is 72.1. The first-order valence-electron chi connectivity index (χ1n) is 32.4. The largest absolute Gasteiger partial charge is 0.478 e. The highest BCUT2D eigenvalue weighted by Gasteiger charge is 2.43. The van der Waals surface area contributed by atoms with Gasteiger partial charge in [0.1, 0.15) is 18.3 Å². The number of esters is 3. The number of carboxylic acid groups (broad SMARTS) is 3. The zero-order chi connectivity index (χ0) is 57.6. The summed E-state index contributed by atoms with van der Waals surface area (Å²) in [5.41, 5.74) is -6.63. The lowest BCUT2D eigenvalue weighted by molar-refractivity contribution is 0.0176. The molecule has 1 aromatic carbocycles. The maximum atomic E-state index is 15.4. The summed E-state index contributed by atoms with van der Waals surface area (Å²) in [6, 6.07) is 0. The van der Waals surface area contributed by atoms with Crippen LogP contribution >= 0.6 is 0 Å². The van der Waals surface area contributed by atoms with Crippen molar-refractivity contribution in [3.63, 3.8) is 0 Å². The molecule has 0 radical (unpaired) electrons. The summed E-state index contributed by atoms with van der Waals surface area (Å²) in [5, 5.41) is 32.9. The molecular weight excluding hydrogens is 985 g/mol. The average Bonchev–Trinajstić information content (AvgIpc) is 3.60. The number of benzene rings is 1. The number of rotatable bonds is 54. The number of carbonyl (C=O) groups excluding carboxylic acids is 3. The topological polar surface area (TPSA) is 191 Å². The van der Waals surface area contributed by atoms with Crippen molar-refractivity contribution in [2.75, 3.05) is 0 Å². The summed E-state index contributed by atoms with van der Waals surface area (Å²) >= 11 is 0. The third-order valence-corrected chi connectivity index (χ3v) is 15.6. The van der Waals surface area contributed by atoms with Crippen LogP contribution in [-0.4, -0.2) is 69.4 Å². The Morgan fingerprint density at radius 1 is 0.244 bits per heavy atom. The number of ether oxygens (including phenoxy) is 3. The van der Waals surface area contributed by atoms with E-state index in [9.17, 15) is 29.7 Å². The van der Waals surface area contributed by atoms with Crippen LogP contribution in [0.25, 0.3) is 0 Å². The van der Waals surface area contributed by atoms with Gasteiger partial charge in [-0.25, -0.2) is 28.8 Å². The van der Waals surface area contributed by atoms with Crippen LogP contribution in [0.1, 0.15) is 393 Å². The monoisotopic (exact) mass is 1100 g/mol. The first-order valence-corrected chi connectivity index (χ1v) is 32.4. The average molecular weight is 1100 g/mol. The summed E-state index contributed by atoms with van der Waals surface area (Å²) in [6.07, 6.45) is 39.3. The second-order valence-corrected chi connectivity index (χ2v) is 22.6. The van der Waals surface area contributed by atoms with Gasteiger partial charge in [0.2, 0.25) is 0 Å². The molecule has 0 spiro atoms. The molecule has 3 atom stereocenters. The van der Waals surface area contributed by atoms with Crippen LogP contribution in [0.15, 0.2) is 0 Å². The highest BCUT2D eigenvalue weighted by Crippen LogP contribution is 2.35. The minimum absolute atomic E-state index is 0.446. The Kier molecular flexibility index (Phi) is 44.2. The smallest absolute Gasteiger partial charge is 0.340 e. The van der Waals surface area contributed by atoms with Crippen LogP contribution in [0.2, 0.25) is 0 Å². The van der Waals surface area contributed by atoms with Crippen LogP contribution in [0.3, 0.4) is 0 Å². The van der Waals surface area contributed by atoms with Crippen molar-refractivity contribution < 1.29 is 58.3 Å². The molecule has 0 aromatic heterocycles. The van der Waals surface area contributed by atoms with Crippen molar-refractivity contribution in [2.45, 2.75) is 349 Å². The van der Waals surface area contributed by atoms with Crippen molar-refractivity contribution in [1.29, 1.82) is 0 Å². The van der Waals surface area contributed by atoms with Crippen molar-refractivity contribution in [2.24, 2.45) is 0 Å². The van der Waals surface area contributed by atoms with E-state index in [4.69, 9.17) is 14.2 Å². The van der Waals surface area contributed by atoms with Crippen LogP contribution in [0, 0.1) is 0 Å². The first-order chi connectivity index (χ1) is 37.8. The molecule has 3 N–H and O–H groups in total. The van der Waals surface area contributed by atoms with Gasteiger partial charge in [-0.2, -0.15) is 0 Å². The summed E-state index contributed by atoms with van der Waals surface area (Å²) in [5.74, 6) is -9.79. The highest BCUT2D eigenvalue weighted by atomic mass is 16.6. The molecule has 0 heterocycles. The predicted molar refractivity (Wildman–Crippen MR) is 317 cm³/mol. The van der Waals surface area contributed by atoms with Gasteiger partial charge in [-0.1, -0.05) is 253 Å². The van der Waals surface area contributed by atoms with Crippen LogP contribution in [-0.2, 0) is 14.2 Å². The van der Waals surface area contributed by atoms with Crippen LogP contribution < -0.4 is 0 Å². The minimum atomic E-state index is -1.99. The van der Waals surface area contributed by atoms with Gasteiger partial charge in [-0.05, 0) is 77.0 Å². The van der Waals surface area contributed by atoms with Crippen molar-refractivity contribution >= 4 is 35.8 Å². The standard InChI is InChI=1S/C66H114O12/c1-7-13-19-25-31-37-43-49-52(46-40-34-28-22-16-10-4)76-64(73)58-56(62(69)70)55(61(67)68)57(63(71)72)59(65(74)77-53(47-41-35-29-23-17-11-5)50-44-38-32-26-20-14-8-2)60(58)66(75)78-54(48-42-36-30-24-18-12-6)51-45-39-33-27-21-15-9-3/h52-54H,7-51H2,1-6H3,(H,67,68)(H,69,70)(H,71,72). The number of carboxylic acids is 3. The summed E-state index contributed by atoms with van der Waals surface area (Å²) in [4.78, 5) is 86.4. The molecule has 0 saturated carbocycles. The zero-order valence-corrected chi connectivity index (χ0v) is 50.6. The minimum Gasteiger partial charge on any atom is -0.478 e. The number of hydrogen-bond donors (Lipinski definition) is 3. The zero-order valence-electron chi connectivity index (χ0n) is 50.6. The molecule has 1 rings (SSSR count). The van der Waals surface area contributed by atoms with E-state index >= 15 is 14.4 Å². The molecule has 0 aliphatic carbocycles. The Labute approximate surface area is 474 Å². The molecule has 0 fully saturated rings. The molecule has 12 nitrogen and oxygen atoms in total. The summed E-state index contributed by atoms with van der Waals surface area (Å²) in [6.45, 7) is 13.0. The predicted octanol–water partition coefficient (Wildman–Crippen LogP) is 20.0. The van der Waals surface area contributed by atoms with Gasteiger partial charge in [0.25, 0.3) is 0 Å². The van der Waals surface area contributed by atoms with E-state index < -0.39 is 87.5 Å². The van der Waals surface area contributed by atoms with Crippen molar-refractivity contribution in [3.8, 4) is 0 Å². The third-order valence-electron chi connectivity index (χ3n) is 15.6. The van der Waals surface area contributed by atoms with Crippen LogP contribution in [0.4, 0.5) is 0 Å². The maximum absolute atomic E-state index is 15.4. The fourth-order valence-corrected chi connectivity index (χ4v) is 10.9. The molecule has 0 aliphatic rings. The normalized spacial score (nSPS) is 12.5. The molecule has 12 heteroatoms. The number of aromatic carboxylic acids is 3. The second kappa shape index (κ2) is 47.8. The highest BCUT2D eigenvalue weighted by molar-refractivity contribution is 6.23. The lowest BCUT2D eigenvalue weighted by Crippen LogP contribution is -2.33. The molecule has 450 valence electrons. The van der Waals surface area contributed by atoms with Gasteiger partial charge in [-0.15, -0.1) is 0 Å². The van der Waals surface area contributed by atoms with E-state index in [1.807, 2.05) is 0 Å². The number of hydrogen-bond acceptors (Lipinski definition) is 9. The lowest BCUT2D eigenvalue weighted by Gasteiger charge is -2.25. The Hall–Kier alpha value is -3.96. The van der Waals surface area contributed by atoms with Crippen LogP contribution in [0.5, 0.6) is 0 Å². The van der Waals surface area contributed by atoms with Gasteiger partial charge in [0.05, 0.1) is 33.4 Å². The van der Waals surface area contributed by atoms with E-state index in [-0.39, 0.29) is 0 Å². The maximum Gasteiger partial charge on any atom is 0.340 e. The van der Waals surface area contributed by atoms with Gasteiger partial charge >= 0.3 is 35.8 Å². The quantitative estimate of drug-likeness (QED) is 0.0318.